The number of carbonyl (C=O) groups excluding carboxylic acids is 2. The monoisotopic (exact) mass is 473 g/mol. The summed E-state index contributed by atoms with van der Waals surface area (Å²) in [6.07, 6.45) is 1.58. The number of anilines is 1. The minimum Gasteiger partial charge on any atom is -0.337 e. The molecule has 0 aliphatic carbocycles. The van der Waals surface area contributed by atoms with E-state index in [0.29, 0.717) is 23.0 Å². The molecule has 0 bridgehead atoms. The quantitative estimate of drug-likeness (QED) is 0.530. The summed E-state index contributed by atoms with van der Waals surface area (Å²) in [5.74, 6) is -0.0861. The molecule has 0 spiro atoms. The number of aryl methyl sites for hydroxylation is 1. The van der Waals surface area contributed by atoms with Crippen LogP contribution in [0.2, 0.25) is 0 Å². The van der Waals surface area contributed by atoms with Gasteiger partial charge in [-0.3, -0.25) is 9.59 Å². The van der Waals surface area contributed by atoms with Crippen LogP contribution in [0.5, 0.6) is 0 Å². The number of halogens is 1. The van der Waals surface area contributed by atoms with Crippen LogP contribution < -0.4 is 5.32 Å². The van der Waals surface area contributed by atoms with Crippen LogP contribution in [0.3, 0.4) is 0 Å². The van der Waals surface area contributed by atoms with E-state index >= 15 is 0 Å². The Morgan fingerprint density at radius 3 is 2.66 bits per heavy atom. The Morgan fingerprint density at radius 2 is 1.97 bits per heavy atom. The molecule has 3 rings (SSSR count). The van der Waals surface area contributed by atoms with Crippen molar-refractivity contribution in [2.45, 2.75) is 11.7 Å². The van der Waals surface area contributed by atoms with E-state index in [4.69, 9.17) is 0 Å². The van der Waals surface area contributed by atoms with Crippen LogP contribution in [-0.4, -0.2) is 44.3 Å². The maximum atomic E-state index is 12.8. The van der Waals surface area contributed by atoms with Gasteiger partial charge in [-0.25, -0.2) is 0 Å². The Hall–Kier alpha value is -2.65. The second kappa shape index (κ2) is 9.71. The predicted octanol–water partition coefficient (Wildman–Crippen LogP) is 3.58. The maximum Gasteiger partial charge on any atom is 0.253 e. The Kier molecular flexibility index (Phi) is 7.05. The molecule has 2 aromatic carbocycles. The second-order valence-electron chi connectivity index (χ2n) is 6.43. The van der Waals surface area contributed by atoms with Gasteiger partial charge in [0.15, 0.2) is 5.16 Å². The Bertz CT molecular complexity index is 1010. The molecule has 0 fully saturated rings. The summed E-state index contributed by atoms with van der Waals surface area (Å²) in [7, 11) is 3.58. The highest BCUT2D eigenvalue weighted by Crippen LogP contribution is 2.17. The number of carbonyl (C=O) groups is 2. The number of rotatable bonds is 7. The lowest BCUT2D eigenvalue weighted by atomic mass is 10.1. The third-order valence-electron chi connectivity index (χ3n) is 4.08. The zero-order valence-electron chi connectivity index (χ0n) is 16.0. The number of hydrogen-bond donors (Lipinski definition) is 1. The van der Waals surface area contributed by atoms with Gasteiger partial charge in [-0.05, 0) is 35.9 Å². The lowest BCUT2D eigenvalue weighted by Crippen LogP contribution is -2.26. The smallest absolute Gasteiger partial charge is 0.253 e. The second-order valence-corrected chi connectivity index (χ2v) is 8.29. The molecule has 0 atom stereocenters. The number of amides is 2. The molecule has 1 heterocycles. The number of benzene rings is 2. The van der Waals surface area contributed by atoms with Gasteiger partial charge in [-0.2, -0.15) is 0 Å². The summed E-state index contributed by atoms with van der Waals surface area (Å²) in [5.41, 5.74) is 2.13. The van der Waals surface area contributed by atoms with Crippen LogP contribution in [0.1, 0.15) is 15.9 Å². The van der Waals surface area contributed by atoms with Crippen molar-refractivity contribution in [2.75, 3.05) is 18.1 Å². The molecule has 9 heteroatoms. The topological polar surface area (TPSA) is 80.1 Å². The highest BCUT2D eigenvalue weighted by atomic mass is 79.9. The van der Waals surface area contributed by atoms with E-state index in [1.807, 2.05) is 31.3 Å². The van der Waals surface area contributed by atoms with Gasteiger partial charge in [0.1, 0.15) is 6.33 Å². The molecule has 0 aliphatic rings. The molecule has 1 N–H and O–H groups in total. The fourth-order valence-corrected chi connectivity index (χ4v) is 3.57. The first-order chi connectivity index (χ1) is 13.9. The average Bonchev–Trinajstić information content (AvgIpc) is 3.12. The SMILES string of the molecule is CN(Cc1ccc(Br)cc1)C(=O)c1cccc(NC(=O)CSc2nncn2C)c1. The average molecular weight is 474 g/mol. The lowest BCUT2D eigenvalue weighted by molar-refractivity contribution is -0.113. The molecule has 0 radical (unpaired) electrons. The zero-order valence-corrected chi connectivity index (χ0v) is 18.4. The summed E-state index contributed by atoms with van der Waals surface area (Å²) >= 11 is 4.70. The van der Waals surface area contributed by atoms with Gasteiger partial charge in [-0.1, -0.05) is 45.9 Å². The van der Waals surface area contributed by atoms with Crippen LogP contribution in [0.25, 0.3) is 0 Å². The van der Waals surface area contributed by atoms with Crippen LogP contribution in [0.4, 0.5) is 5.69 Å². The number of hydrogen-bond acceptors (Lipinski definition) is 5. The van der Waals surface area contributed by atoms with Crippen molar-refractivity contribution in [1.82, 2.24) is 19.7 Å². The van der Waals surface area contributed by atoms with E-state index in [2.05, 4.69) is 31.4 Å². The van der Waals surface area contributed by atoms with Crippen molar-refractivity contribution in [3.05, 3.63) is 70.5 Å². The summed E-state index contributed by atoms with van der Waals surface area (Å²) < 4.78 is 2.74. The van der Waals surface area contributed by atoms with Crippen LogP contribution in [-0.2, 0) is 18.4 Å². The fourth-order valence-electron chi connectivity index (χ4n) is 2.62. The molecule has 0 aliphatic heterocycles. The summed E-state index contributed by atoms with van der Waals surface area (Å²) in [6.45, 7) is 0.497. The maximum absolute atomic E-state index is 12.8. The van der Waals surface area contributed by atoms with Crippen molar-refractivity contribution in [3.8, 4) is 0 Å². The number of nitrogens with zero attached hydrogens (tertiary/aromatic N) is 4. The van der Waals surface area contributed by atoms with Gasteiger partial charge in [0.2, 0.25) is 5.91 Å². The first kappa shape index (κ1) is 21.1. The highest BCUT2D eigenvalue weighted by molar-refractivity contribution is 9.10. The van der Waals surface area contributed by atoms with E-state index in [1.54, 1.807) is 47.1 Å². The van der Waals surface area contributed by atoms with Crippen LogP contribution in [0, 0.1) is 0 Å². The summed E-state index contributed by atoms with van der Waals surface area (Å²) in [6, 6.07) is 14.8. The standard InChI is InChI=1S/C20H20BrN5O2S/c1-25(11-14-6-8-16(21)9-7-14)19(28)15-4-3-5-17(10-15)23-18(27)12-29-20-24-22-13-26(20)2/h3-10,13H,11-12H2,1-2H3,(H,23,27). The minimum absolute atomic E-state index is 0.113. The van der Waals surface area contributed by atoms with Gasteiger partial charge >= 0.3 is 0 Å². The van der Waals surface area contributed by atoms with Crippen LogP contribution >= 0.6 is 27.7 Å². The van der Waals surface area contributed by atoms with E-state index in [0.717, 1.165) is 10.0 Å². The summed E-state index contributed by atoms with van der Waals surface area (Å²) in [4.78, 5) is 26.6. The summed E-state index contributed by atoms with van der Waals surface area (Å²) in [5, 5.41) is 11.2. The van der Waals surface area contributed by atoms with E-state index in [9.17, 15) is 9.59 Å². The zero-order chi connectivity index (χ0) is 20.8. The fraction of sp³-hybridized carbons (Fsp3) is 0.200. The first-order valence-corrected chi connectivity index (χ1v) is 10.6. The largest absolute Gasteiger partial charge is 0.337 e. The number of nitrogens with one attached hydrogen (secondary N) is 1. The van der Waals surface area contributed by atoms with E-state index < -0.39 is 0 Å². The predicted molar refractivity (Wildman–Crippen MR) is 117 cm³/mol. The molecule has 29 heavy (non-hydrogen) atoms. The third kappa shape index (κ3) is 5.91. The molecular weight excluding hydrogens is 454 g/mol. The highest BCUT2D eigenvalue weighted by Gasteiger charge is 2.14. The molecule has 150 valence electrons. The molecule has 3 aromatic rings. The van der Waals surface area contributed by atoms with Gasteiger partial charge in [0.25, 0.3) is 5.91 Å². The van der Waals surface area contributed by atoms with Gasteiger partial charge in [-0.15, -0.1) is 10.2 Å². The first-order valence-electron chi connectivity index (χ1n) is 8.79. The van der Waals surface area contributed by atoms with Crippen molar-refractivity contribution >= 4 is 45.2 Å². The lowest BCUT2D eigenvalue weighted by Gasteiger charge is -2.18. The molecule has 0 unspecified atom stereocenters. The van der Waals surface area contributed by atoms with Gasteiger partial charge in [0, 0.05) is 36.4 Å². The Balaban J connectivity index is 1.59. The molecule has 0 saturated carbocycles. The van der Waals surface area contributed by atoms with E-state index in [-0.39, 0.29) is 17.6 Å². The molecule has 2 amide bonds. The van der Waals surface area contributed by atoms with Crippen molar-refractivity contribution < 1.29 is 9.59 Å². The number of thioether (sulfide) groups is 1. The van der Waals surface area contributed by atoms with E-state index in [1.165, 1.54) is 11.8 Å². The molecule has 7 nitrogen and oxygen atoms in total. The third-order valence-corrected chi connectivity index (χ3v) is 5.64. The Morgan fingerprint density at radius 1 is 1.21 bits per heavy atom. The molecule has 0 saturated heterocycles. The number of aromatic nitrogens is 3. The van der Waals surface area contributed by atoms with Gasteiger partial charge < -0.3 is 14.8 Å². The normalized spacial score (nSPS) is 10.6. The molecular formula is C20H20BrN5O2S. The Labute approximate surface area is 181 Å². The van der Waals surface area contributed by atoms with Crippen molar-refractivity contribution in [3.63, 3.8) is 0 Å². The van der Waals surface area contributed by atoms with Crippen molar-refractivity contribution in [1.29, 1.82) is 0 Å². The van der Waals surface area contributed by atoms with Gasteiger partial charge in [0.05, 0.1) is 5.75 Å². The molecule has 1 aromatic heterocycles. The minimum atomic E-state index is -0.175. The van der Waals surface area contributed by atoms with Crippen LogP contribution in [0.15, 0.2) is 64.5 Å². The van der Waals surface area contributed by atoms with Crippen molar-refractivity contribution in [2.24, 2.45) is 7.05 Å².